The van der Waals surface area contributed by atoms with Gasteiger partial charge in [-0.15, -0.1) is 0 Å². The van der Waals surface area contributed by atoms with Crippen LogP contribution in [0.2, 0.25) is 0 Å². The Kier molecular flexibility index (Phi) is 2.75. The van der Waals surface area contributed by atoms with Crippen LogP contribution in [0.5, 0.6) is 0 Å². The molecule has 0 bridgehead atoms. The van der Waals surface area contributed by atoms with E-state index in [0.29, 0.717) is 24.6 Å². The molecule has 2 heterocycles. The number of morpholine rings is 1. The fourth-order valence-corrected chi connectivity index (χ4v) is 2.52. The van der Waals surface area contributed by atoms with Crippen LogP contribution in [0.3, 0.4) is 0 Å². The normalized spacial score (nSPS) is 21.3. The van der Waals surface area contributed by atoms with Crippen molar-refractivity contribution in [3.05, 3.63) is 5.56 Å². The van der Waals surface area contributed by atoms with Crippen LogP contribution in [0.1, 0.15) is 12.5 Å². The lowest BCUT2D eigenvalue weighted by Crippen LogP contribution is -2.43. The quantitative estimate of drug-likeness (QED) is 0.764. The topological polar surface area (TPSA) is 75.2 Å². The minimum atomic E-state index is 0.269. The van der Waals surface area contributed by atoms with Crippen LogP contribution in [0, 0.1) is 11.3 Å². The first-order valence-corrected chi connectivity index (χ1v) is 5.51. The standard InChI is InChI=1S/C9H12N4OS/c1-6-5-14-3-2-13(6)9-7(4-10)8(11)12-15-9/h6H,2-3,5H2,1H3,(H2,11,12). The summed E-state index contributed by atoms with van der Waals surface area (Å²) in [5.41, 5.74) is 6.12. The maximum Gasteiger partial charge on any atom is 0.157 e. The fourth-order valence-electron chi connectivity index (χ4n) is 1.62. The second kappa shape index (κ2) is 4.04. The third-order valence-corrected chi connectivity index (χ3v) is 3.34. The van der Waals surface area contributed by atoms with Gasteiger partial charge in [0.1, 0.15) is 16.6 Å². The summed E-state index contributed by atoms with van der Waals surface area (Å²) < 4.78 is 9.35. The number of anilines is 2. The van der Waals surface area contributed by atoms with Crippen molar-refractivity contribution in [1.29, 1.82) is 5.26 Å². The van der Waals surface area contributed by atoms with E-state index in [9.17, 15) is 0 Å². The van der Waals surface area contributed by atoms with Gasteiger partial charge in [-0.3, -0.25) is 0 Å². The zero-order valence-corrected chi connectivity index (χ0v) is 9.25. The van der Waals surface area contributed by atoms with E-state index in [1.807, 2.05) is 0 Å². The second-order valence-corrected chi connectivity index (χ2v) is 4.23. The summed E-state index contributed by atoms with van der Waals surface area (Å²) in [7, 11) is 0. The van der Waals surface area contributed by atoms with E-state index in [4.69, 9.17) is 15.7 Å². The van der Waals surface area contributed by atoms with Gasteiger partial charge in [0.2, 0.25) is 0 Å². The Morgan fingerprint density at radius 2 is 2.53 bits per heavy atom. The van der Waals surface area contributed by atoms with Crippen LogP contribution in [0.15, 0.2) is 0 Å². The van der Waals surface area contributed by atoms with Crippen LogP contribution in [-0.4, -0.2) is 30.2 Å². The van der Waals surface area contributed by atoms with Crippen molar-refractivity contribution in [3.63, 3.8) is 0 Å². The maximum atomic E-state index is 8.98. The third kappa shape index (κ3) is 1.76. The maximum absolute atomic E-state index is 8.98. The molecule has 1 aliphatic rings. The SMILES string of the molecule is CC1COCCN1c1snc(N)c1C#N. The van der Waals surface area contributed by atoms with Gasteiger partial charge in [-0.05, 0) is 18.5 Å². The van der Waals surface area contributed by atoms with E-state index in [0.717, 1.165) is 11.5 Å². The Hall–Kier alpha value is -1.32. The molecule has 1 aliphatic heterocycles. The van der Waals surface area contributed by atoms with E-state index in [1.54, 1.807) is 0 Å². The minimum absolute atomic E-state index is 0.269. The van der Waals surface area contributed by atoms with E-state index in [-0.39, 0.29) is 6.04 Å². The van der Waals surface area contributed by atoms with Gasteiger partial charge in [0.05, 0.1) is 19.3 Å². The largest absolute Gasteiger partial charge is 0.382 e. The molecule has 2 rings (SSSR count). The van der Waals surface area contributed by atoms with Crippen molar-refractivity contribution in [2.75, 3.05) is 30.4 Å². The summed E-state index contributed by atoms with van der Waals surface area (Å²) in [5, 5.41) is 9.85. The lowest BCUT2D eigenvalue weighted by molar-refractivity contribution is 0.0993. The summed E-state index contributed by atoms with van der Waals surface area (Å²) in [4.78, 5) is 2.13. The molecule has 0 saturated carbocycles. The third-order valence-electron chi connectivity index (χ3n) is 2.44. The molecular formula is C9H12N4OS. The van der Waals surface area contributed by atoms with Crippen molar-refractivity contribution in [1.82, 2.24) is 4.37 Å². The average Bonchev–Trinajstić information content (AvgIpc) is 2.60. The Balaban J connectivity index is 2.32. The highest BCUT2D eigenvalue weighted by atomic mass is 32.1. The number of rotatable bonds is 1. The van der Waals surface area contributed by atoms with Gasteiger partial charge in [0.25, 0.3) is 0 Å². The molecule has 80 valence electrons. The molecule has 1 aromatic rings. The Morgan fingerprint density at radius 1 is 1.73 bits per heavy atom. The first-order valence-electron chi connectivity index (χ1n) is 4.73. The number of hydrogen-bond acceptors (Lipinski definition) is 6. The number of hydrogen-bond donors (Lipinski definition) is 1. The first-order chi connectivity index (χ1) is 7.24. The Labute approximate surface area is 92.2 Å². The lowest BCUT2D eigenvalue weighted by atomic mass is 10.2. The molecule has 2 N–H and O–H groups in total. The number of nitrogens with zero attached hydrogens (tertiary/aromatic N) is 3. The molecule has 0 amide bonds. The predicted octanol–water partition coefficient (Wildman–Crippen LogP) is 0.822. The molecule has 0 radical (unpaired) electrons. The van der Waals surface area contributed by atoms with Crippen LogP contribution in [0.25, 0.3) is 0 Å². The molecule has 1 atom stereocenters. The summed E-state index contributed by atoms with van der Waals surface area (Å²) in [6, 6.07) is 2.37. The van der Waals surface area contributed by atoms with Gasteiger partial charge in [-0.25, -0.2) is 0 Å². The number of nitriles is 1. The van der Waals surface area contributed by atoms with Crippen molar-refractivity contribution >= 4 is 22.4 Å². The highest BCUT2D eigenvalue weighted by Crippen LogP contribution is 2.31. The average molecular weight is 224 g/mol. The number of nitrogen functional groups attached to an aromatic ring is 1. The van der Waals surface area contributed by atoms with Crippen molar-refractivity contribution in [3.8, 4) is 6.07 Å². The molecule has 1 fully saturated rings. The smallest absolute Gasteiger partial charge is 0.157 e. The van der Waals surface area contributed by atoms with Gasteiger partial charge in [-0.1, -0.05) is 0 Å². The van der Waals surface area contributed by atoms with E-state index in [1.165, 1.54) is 11.5 Å². The van der Waals surface area contributed by atoms with Crippen LogP contribution in [0.4, 0.5) is 10.8 Å². The summed E-state index contributed by atoms with van der Waals surface area (Å²) in [5.74, 6) is 0.330. The van der Waals surface area contributed by atoms with Crippen LogP contribution < -0.4 is 10.6 Å². The number of ether oxygens (including phenoxy) is 1. The molecule has 6 heteroatoms. The van der Waals surface area contributed by atoms with Crippen molar-refractivity contribution < 1.29 is 4.74 Å². The number of nitrogens with two attached hydrogens (primary N) is 1. The van der Waals surface area contributed by atoms with Gasteiger partial charge >= 0.3 is 0 Å². The lowest BCUT2D eigenvalue weighted by Gasteiger charge is -2.33. The molecule has 1 aromatic heterocycles. The van der Waals surface area contributed by atoms with Crippen molar-refractivity contribution in [2.45, 2.75) is 13.0 Å². The van der Waals surface area contributed by atoms with Gasteiger partial charge in [0.15, 0.2) is 5.82 Å². The molecule has 5 nitrogen and oxygen atoms in total. The highest BCUT2D eigenvalue weighted by molar-refractivity contribution is 7.10. The highest BCUT2D eigenvalue weighted by Gasteiger charge is 2.24. The van der Waals surface area contributed by atoms with E-state index >= 15 is 0 Å². The monoisotopic (exact) mass is 224 g/mol. The van der Waals surface area contributed by atoms with Crippen molar-refractivity contribution in [2.24, 2.45) is 0 Å². The molecule has 0 aromatic carbocycles. The zero-order chi connectivity index (χ0) is 10.8. The van der Waals surface area contributed by atoms with E-state index in [2.05, 4.69) is 22.3 Å². The molecule has 1 unspecified atom stereocenters. The van der Waals surface area contributed by atoms with Crippen LogP contribution in [-0.2, 0) is 4.74 Å². The van der Waals surface area contributed by atoms with Crippen LogP contribution >= 0.6 is 11.5 Å². The summed E-state index contributed by atoms with van der Waals surface area (Å²) >= 11 is 1.28. The summed E-state index contributed by atoms with van der Waals surface area (Å²) in [6.45, 7) is 4.23. The molecular weight excluding hydrogens is 212 g/mol. The summed E-state index contributed by atoms with van der Waals surface area (Å²) in [6.07, 6.45) is 0. The second-order valence-electron chi connectivity index (χ2n) is 3.48. The minimum Gasteiger partial charge on any atom is -0.382 e. The van der Waals surface area contributed by atoms with Gasteiger partial charge in [0, 0.05) is 6.54 Å². The first kappa shape index (κ1) is 10.2. The molecule has 0 aliphatic carbocycles. The van der Waals surface area contributed by atoms with E-state index < -0.39 is 0 Å². The van der Waals surface area contributed by atoms with Gasteiger partial charge in [-0.2, -0.15) is 9.64 Å². The zero-order valence-electron chi connectivity index (χ0n) is 8.43. The fraction of sp³-hybridized carbons (Fsp3) is 0.556. The number of aromatic nitrogens is 1. The molecule has 15 heavy (non-hydrogen) atoms. The molecule has 1 saturated heterocycles. The predicted molar refractivity (Wildman–Crippen MR) is 58.9 cm³/mol. The molecule has 0 spiro atoms. The van der Waals surface area contributed by atoms with Gasteiger partial charge < -0.3 is 15.4 Å². The Bertz CT molecular complexity index is 397. The Morgan fingerprint density at radius 3 is 3.20 bits per heavy atom.